The summed E-state index contributed by atoms with van der Waals surface area (Å²) in [6.07, 6.45) is 0. The number of rotatable bonds is 5. The van der Waals surface area contributed by atoms with Crippen molar-refractivity contribution in [1.82, 2.24) is 5.43 Å². The zero-order chi connectivity index (χ0) is 13.0. The molecule has 0 aliphatic carbocycles. The predicted molar refractivity (Wildman–Crippen MR) is 84.0 cm³/mol. The van der Waals surface area contributed by atoms with Crippen LogP contribution in [-0.4, -0.2) is 5.75 Å². The fourth-order valence-electron chi connectivity index (χ4n) is 1.65. The van der Waals surface area contributed by atoms with E-state index in [4.69, 9.17) is 5.84 Å². The predicted octanol–water partition coefficient (Wildman–Crippen LogP) is 4.12. The minimum absolute atomic E-state index is 0.207. The molecule has 0 amide bonds. The van der Waals surface area contributed by atoms with Crippen molar-refractivity contribution >= 4 is 39.0 Å². The molecule has 1 aromatic heterocycles. The maximum absolute atomic E-state index is 5.66. The molecule has 1 aromatic carbocycles. The Kier molecular flexibility index (Phi) is 5.26. The molecule has 0 bridgehead atoms. The van der Waals surface area contributed by atoms with Gasteiger partial charge in [0.2, 0.25) is 0 Å². The Hall–Kier alpha value is -0.330. The highest BCUT2D eigenvalue weighted by Gasteiger charge is 2.13. The van der Waals surface area contributed by atoms with Crippen LogP contribution in [-0.2, 0) is 0 Å². The molecule has 0 aliphatic heterocycles. The van der Waals surface area contributed by atoms with E-state index in [0.29, 0.717) is 0 Å². The summed E-state index contributed by atoms with van der Waals surface area (Å²) >= 11 is 7.01. The van der Waals surface area contributed by atoms with Crippen molar-refractivity contribution in [2.45, 2.75) is 17.9 Å². The first kappa shape index (κ1) is 14.1. The van der Waals surface area contributed by atoms with Crippen LogP contribution in [0.4, 0.5) is 0 Å². The van der Waals surface area contributed by atoms with E-state index in [0.717, 1.165) is 10.2 Å². The number of halogens is 1. The van der Waals surface area contributed by atoms with Crippen LogP contribution in [0.2, 0.25) is 0 Å². The van der Waals surface area contributed by atoms with E-state index < -0.39 is 0 Å². The molecule has 0 saturated carbocycles. The highest BCUT2D eigenvalue weighted by molar-refractivity contribution is 9.10. The molecule has 2 rings (SSSR count). The molecule has 1 atom stereocenters. The van der Waals surface area contributed by atoms with Gasteiger partial charge in [-0.1, -0.05) is 15.9 Å². The zero-order valence-electron chi connectivity index (χ0n) is 10.0. The van der Waals surface area contributed by atoms with E-state index in [1.54, 1.807) is 11.3 Å². The molecule has 1 unspecified atom stereocenters. The molecule has 0 spiro atoms. The van der Waals surface area contributed by atoms with Gasteiger partial charge < -0.3 is 0 Å². The first-order valence-corrected chi connectivity index (χ1v) is 8.25. The van der Waals surface area contributed by atoms with Crippen molar-refractivity contribution in [3.63, 3.8) is 0 Å². The summed E-state index contributed by atoms with van der Waals surface area (Å²) in [5.74, 6) is 6.59. The number of hydrogen-bond acceptors (Lipinski definition) is 4. The zero-order valence-corrected chi connectivity index (χ0v) is 13.2. The summed E-state index contributed by atoms with van der Waals surface area (Å²) in [6, 6.07) is 10.7. The van der Waals surface area contributed by atoms with Crippen LogP contribution in [0.15, 0.2) is 45.1 Å². The fourth-order valence-corrected chi connectivity index (χ4v) is 3.96. The van der Waals surface area contributed by atoms with Crippen LogP contribution < -0.4 is 11.3 Å². The number of hydrogen-bond donors (Lipinski definition) is 2. The Morgan fingerprint density at radius 3 is 2.61 bits per heavy atom. The third kappa shape index (κ3) is 3.59. The maximum atomic E-state index is 5.66. The first-order chi connectivity index (χ1) is 8.70. The Morgan fingerprint density at radius 2 is 2.06 bits per heavy atom. The molecule has 2 nitrogen and oxygen atoms in total. The van der Waals surface area contributed by atoms with Crippen LogP contribution in [0.1, 0.15) is 16.5 Å². The van der Waals surface area contributed by atoms with Crippen LogP contribution >= 0.6 is 39.0 Å². The standard InChI is InChI=1S/C13H15BrN2S2/c1-9-6-7-17-13(9)12(16-15)8-18-11-4-2-10(14)3-5-11/h2-7,12,16H,8,15H2,1H3. The van der Waals surface area contributed by atoms with Gasteiger partial charge in [0.05, 0.1) is 6.04 Å². The van der Waals surface area contributed by atoms with Crippen LogP contribution in [0, 0.1) is 6.92 Å². The second kappa shape index (κ2) is 6.73. The van der Waals surface area contributed by atoms with E-state index in [2.05, 4.69) is 64.0 Å². The average Bonchev–Trinajstić information content (AvgIpc) is 2.79. The first-order valence-electron chi connectivity index (χ1n) is 5.59. The number of nitrogens with two attached hydrogens (primary N) is 1. The maximum Gasteiger partial charge on any atom is 0.0649 e. The van der Waals surface area contributed by atoms with E-state index in [1.807, 2.05) is 11.8 Å². The van der Waals surface area contributed by atoms with E-state index >= 15 is 0 Å². The number of hydrazine groups is 1. The molecule has 0 fully saturated rings. The van der Waals surface area contributed by atoms with Crippen molar-refractivity contribution in [3.05, 3.63) is 50.6 Å². The van der Waals surface area contributed by atoms with Gasteiger partial charge in [-0.25, -0.2) is 0 Å². The summed E-state index contributed by atoms with van der Waals surface area (Å²) in [5, 5.41) is 2.11. The quantitative estimate of drug-likeness (QED) is 0.487. The van der Waals surface area contributed by atoms with Gasteiger partial charge in [0.25, 0.3) is 0 Å². The van der Waals surface area contributed by atoms with Crippen LogP contribution in [0.25, 0.3) is 0 Å². The molecule has 0 aliphatic rings. The fraction of sp³-hybridized carbons (Fsp3) is 0.231. The molecule has 3 N–H and O–H groups in total. The van der Waals surface area contributed by atoms with E-state index in [1.165, 1.54) is 15.3 Å². The average molecular weight is 343 g/mol. The summed E-state index contributed by atoms with van der Waals surface area (Å²) in [7, 11) is 0. The van der Waals surface area contributed by atoms with Crippen molar-refractivity contribution in [1.29, 1.82) is 0 Å². The van der Waals surface area contributed by atoms with Crippen molar-refractivity contribution in [3.8, 4) is 0 Å². The van der Waals surface area contributed by atoms with Gasteiger partial charge in [-0.15, -0.1) is 23.1 Å². The molecule has 0 saturated heterocycles. The Morgan fingerprint density at radius 1 is 1.33 bits per heavy atom. The van der Waals surface area contributed by atoms with Gasteiger partial charge in [0, 0.05) is 20.0 Å². The molecular weight excluding hydrogens is 328 g/mol. The van der Waals surface area contributed by atoms with E-state index in [-0.39, 0.29) is 6.04 Å². The monoisotopic (exact) mass is 342 g/mol. The van der Waals surface area contributed by atoms with Gasteiger partial charge in [-0.05, 0) is 48.2 Å². The molecule has 2 aromatic rings. The third-order valence-electron chi connectivity index (χ3n) is 2.65. The summed E-state index contributed by atoms with van der Waals surface area (Å²) in [4.78, 5) is 2.58. The van der Waals surface area contributed by atoms with Gasteiger partial charge in [0.1, 0.15) is 0 Å². The Balaban J connectivity index is 2.00. The summed E-state index contributed by atoms with van der Waals surface area (Å²) < 4.78 is 1.11. The SMILES string of the molecule is Cc1ccsc1C(CSc1ccc(Br)cc1)NN. The summed E-state index contributed by atoms with van der Waals surface area (Å²) in [6.45, 7) is 2.13. The topological polar surface area (TPSA) is 38.0 Å². The number of thioether (sulfide) groups is 1. The molecule has 1 heterocycles. The molecular formula is C13H15BrN2S2. The molecule has 0 radical (unpaired) electrons. The minimum atomic E-state index is 0.207. The number of nitrogens with one attached hydrogen (secondary N) is 1. The second-order valence-corrected chi connectivity index (χ2v) is 6.91. The lowest BCUT2D eigenvalue weighted by Gasteiger charge is -2.15. The van der Waals surface area contributed by atoms with Crippen LogP contribution in [0.3, 0.4) is 0 Å². The van der Waals surface area contributed by atoms with Crippen molar-refractivity contribution in [2.75, 3.05) is 5.75 Å². The molecule has 5 heteroatoms. The smallest absolute Gasteiger partial charge is 0.0649 e. The normalized spacial score (nSPS) is 12.6. The van der Waals surface area contributed by atoms with Crippen molar-refractivity contribution < 1.29 is 0 Å². The molecule has 18 heavy (non-hydrogen) atoms. The lowest BCUT2D eigenvalue weighted by atomic mass is 10.2. The lowest BCUT2D eigenvalue weighted by Crippen LogP contribution is -2.29. The van der Waals surface area contributed by atoms with Gasteiger partial charge >= 0.3 is 0 Å². The summed E-state index contributed by atoms with van der Waals surface area (Å²) in [5.41, 5.74) is 4.21. The van der Waals surface area contributed by atoms with Crippen molar-refractivity contribution in [2.24, 2.45) is 5.84 Å². The lowest BCUT2D eigenvalue weighted by molar-refractivity contribution is 0.618. The van der Waals surface area contributed by atoms with Gasteiger partial charge in [-0.2, -0.15) is 0 Å². The van der Waals surface area contributed by atoms with E-state index in [9.17, 15) is 0 Å². The highest BCUT2D eigenvalue weighted by atomic mass is 79.9. The van der Waals surface area contributed by atoms with Crippen LogP contribution in [0.5, 0.6) is 0 Å². The minimum Gasteiger partial charge on any atom is -0.271 e. The van der Waals surface area contributed by atoms with Gasteiger partial charge in [-0.3, -0.25) is 11.3 Å². The second-order valence-electron chi connectivity index (χ2n) is 3.95. The Labute approximate surface area is 124 Å². The number of aryl methyl sites for hydroxylation is 1. The molecule has 96 valence electrons. The largest absolute Gasteiger partial charge is 0.271 e. The number of benzene rings is 1. The Bertz CT molecular complexity index is 496. The third-order valence-corrected chi connectivity index (χ3v) is 5.42. The van der Waals surface area contributed by atoms with Gasteiger partial charge in [0.15, 0.2) is 0 Å². The number of thiophene rings is 1. The highest BCUT2D eigenvalue weighted by Crippen LogP contribution is 2.29.